The van der Waals surface area contributed by atoms with Gasteiger partial charge in [-0.25, -0.2) is 4.79 Å². The van der Waals surface area contributed by atoms with Gasteiger partial charge in [-0.05, 0) is 12.0 Å². The highest BCUT2D eigenvalue weighted by molar-refractivity contribution is 6.32. The Morgan fingerprint density at radius 2 is 2.06 bits per heavy atom. The van der Waals surface area contributed by atoms with Gasteiger partial charge in [0.05, 0.1) is 0 Å². The second-order valence-corrected chi connectivity index (χ2v) is 3.99. The predicted octanol–water partition coefficient (Wildman–Crippen LogP) is 0.876. The molecule has 0 amide bonds. The van der Waals surface area contributed by atoms with E-state index in [0.29, 0.717) is 6.42 Å². The molecule has 16 heavy (non-hydrogen) atoms. The summed E-state index contributed by atoms with van der Waals surface area (Å²) >= 11 is 0. The Labute approximate surface area is 93.4 Å². The van der Waals surface area contributed by atoms with Gasteiger partial charge in [0, 0.05) is 18.9 Å². The molecule has 0 spiro atoms. The van der Waals surface area contributed by atoms with Gasteiger partial charge in [0.1, 0.15) is 0 Å². The van der Waals surface area contributed by atoms with Crippen LogP contribution in [-0.4, -0.2) is 11.8 Å². The van der Waals surface area contributed by atoms with Crippen molar-refractivity contribution in [2.45, 2.75) is 25.5 Å². The van der Waals surface area contributed by atoms with Crippen LogP contribution in [0.15, 0.2) is 24.3 Å². The van der Waals surface area contributed by atoms with Crippen molar-refractivity contribution >= 4 is 11.8 Å². The van der Waals surface area contributed by atoms with E-state index in [-0.39, 0.29) is 0 Å². The molecule has 1 aliphatic rings. The van der Waals surface area contributed by atoms with E-state index in [1.54, 1.807) is 0 Å². The smallest absolute Gasteiger partial charge is 0.376 e. The molecule has 1 aliphatic carbocycles. The van der Waals surface area contributed by atoms with Crippen molar-refractivity contribution in [1.82, 2.24) is 0 Å². The second kappa shape index (κ2) is 3.72. The average Bonchev–Trinajstić information content (AvgIpc) is 2.57. The van der Waals surface area contributed by atoms with Crippen LogP contribution in [-0.2, 0) is 26.5 Å². The van der Waals surface area contributed by atoms with Crippen LogP contribution in [0.4, 0.5) is 0 Å². The van der Waals surface area contributed by atoms with Gasteiger partial charge in [0.2, 0.25) is 5.78 Å². The molecular weight excluding hydrogens is 206 g/mol. The normalized spacial score (nSPS) is 22.6. The highest BCUT2D eigenvalue weighted by Gasteiger charge is 2.39. The van der Waals surface area contributed by atoms with E-state index in [4.69, 9.17) is 10.5 Å². The molecule has 0 saturated carbocycles. The van der Waals surface area contributed by atoms with Crippen LogP contribution in [0.1, 0.15) is 24.5 Å². The summed E-state index contributed by atoms with van der Waals surface area (Å²) in [5.74, 6) is -1.51. The lowest BCUT2D eigenvalue weighted by Crippen LogP contribution is -2.40. The maximum absolute atomic E-state index is 11.3. The zero-order chi connectivity index (χ0) is 11.8. The van der Waals surface area contributed by atoms with Gasteiger partial charge in [-0.1, -0.05) is 24.3 Å². The van der Waals surface area contributed by atoms with E-state index in [2.05, 4.69) is 0 Å². The topological polar surface area (TPSA) is 69.4 Å². The van der Waals surface area contributed by atoms with Crippen molar-refractivity contribution < 1.29 is 14.3 Å². The minimum Gasteiger partial charge on any atom is -0.434 e. The zero-order valence-corrected chi connectivity index (χ0v) is 9.03. The molecule has 0 radical (unpaired) electrons. The number of Topliss-reactive ketones (excluding diaryl/α,β-unsaturated/α-hetero) is 1. The van der Waals surface area contributed by atoms with Crippen molar-refractivity contribution in [1.29, 1.82) is 0 Å². The number of aryl methyl sites for hydroxylation is 1. The lowest BCUT2D eigenvalue weighted by Gasteiger charge is -2.24. The Morgan fingerprint density at radius 3 is 2.75 bits per heavy atom. The molecule has 0 heterocycles. The number of esters is 1. The molecule has 0 unspecified atom stereocenters. The first kappa shape index (κ1) is 10.8. The van der Waals surface area contributed by atoms with Gasteiger partial charge >= 0.3 is 5.97 Å². The fourth-order valence-corrected chi connectivity index (χ4v) is 1.95. The molecule has 84 valence electrons. The van der Waals surface area contributed by atoms with Crippen LogP contribution in [0.2, 0.25) is 0 Å². The summed E-state index contributed by atoms with van der Waals surface area (Å²) in [6.07, 6.45) is 1.28. The third-order valence-corrected chi connectivity index (χ3v) is 2.80. The molecule has 2 N–H and O–H groups in total. The monoisotopic (exact) mass is 219 g/mol. The molecule has 0 fully saturated rings. The highest BCUT2D eigenvalue weighted by atomic mass is 16.6. The van der Waals surface area contributed by atoms with Crippen molar-refractivity contribution in [2.24, 2.45) is 5.73 Å². The third-order valence-electron chi connectivity index (χ3n) is 2.80. The summed E-state index contributed by atoms with van der Waals surface area (Å²) in [5, 5.41) is 0. The number of carbonyl (C=O) groups excluding carboxylic acids is 2. The molecule has 4 nitrogen and oxygen atoms in total. The average molecular weight is 219 g/mol. The van der Waals surface area contributed by atoms with Crippen LogP contribution in [0, 0.1) is 0 Å². The van der Waals surface area contributed by atoms with Crippen LogP contribution in [0.5, 0.6) is 0 Å². The number of fused-ring (bicyclic) bond motifs is 1. The molecule has 4 heteroatoms. The van der Waals surface area contributed by atoms with Gasteiger partial charge in [-0.3, -0.25) is 10.5 Å². The number of carbonyl (C=O) groups is 2. The molecule has 1 aromatic rings. The second-order valence-electron chi connectivity index (χ2n) is 3.99. The standard InChI is InChI=1S/C12H13NO3/c1-8(14)11(15)16-12(13)7-6-9-4-2-3-5-10(9)12/h2-5H,6-7,13H2,1H3/t12-/m1/s1. The minimum absolute atomic E-state index is 0.519. The van der Waals surface area contributed by atoms with Gasteiger partial charge in [-0.15, -0.1) is 0 Å². The van der Waals surface area contributed by atoms with Gasteiger partial charge < -0.3 is 4.74 Å². The molecule has 1 aromatic carbocycles. The van der Waals surface area contributed by atoms with Crippen LogP contribution < -0.4 is 5.73 Å². The predicted molar refractivity (Wildman–Crippen MR) is 57.4 cm³/mol. The number of hydrogen-bond acceptors (Lipinski definition) is 4. The van der Waals surface area contributed by atoms with Crippen LogP contribution in [0.25, 0.3) is 0 Å². The van der Waals surface area contributed by atoms with Gasteiger partial charge in [0.25, 0.3) is 0 Å². The number of nitrogens with two attached hydrogens (primary N) is 1. The molecule has 2 rings (SSSR count). The summed E-state index contributed by atoms with van der Waals surface area (Å²) in [4.78, 5) is 22.1. The maximum atomic E-state index is 11.3. The van der Waals surface area contributed by atoms with Crippen molar-refractivity contribution in [3.8, 4) is 0 Å². The van der Waals surface area contributed by atoms with Gasteiger partial charge in [0.15, 0.2) is 5.72 Å². The summed E-state index contributed by atoms with van der Waals surface area (Å²) in [6, 6.07) is 7.53. The van der Waals surface area contributed by atoms with E-state index >= 15 is 0 Å². The molecule has 0 bridgehead atoms. The summed E-state index contributed by atoms with van der Waals surface area (Å²) in [6.45, 7) is 1.17. The highest BCUT2D eigenvalue weighted by Crippen LogP contribution is 2.35. The number of rotatable bonds is 2. The third kappa shape index (κ3) is 1.72. The van der Waals surface area contributed by atoms with E-state index < -0.39 is 17.5 Å². The largest absolute Gasteiger partial charge is 0.434 e. The zero-order valence-electron chi connectivity index (χ0n) is 9.03. The summed E-state index contributed by atoms with van der Waals surface area (Å²) in [5.41, 5.74) is 6.74. The van der Waals surface area contributed by atoms with Crippen molar-refractivity contribution in [3.63, 3.8) is 0 Å². The molecule has 0 aliphatic heterocycles. The van der Waals surface area contributed by atoms with E-state index in [1.807, 2.05) is 24.3 Å². The first-order valence-corrected chi connectivity index (χ1v) is 5.14. The van der Waals surface area contributed by atoms with Crippen molar-refractivity contribution in [3.05, 3.63) is 35.4 Å². The Balaban J connectivity index is 2.28. The maximum Gasteiger partial charge on any atom is 0.376 e. The quantitative estimate of drug-likeness (QED) is 0.455. The van der Waals surface area contributed by atoms with Crippen LogP contribution in [0.3, 0.4) is 0 Å². The Hall–Kier alpha value is -1.68. The van der Waals surface area contributed by atoms with Gasteiger partial charge in [-0.2, -0.15) is 0 Å². The lowest BCUT2D eigenvalue weighted by atomic mass is 10.1. The Bertz CT molecular complexity index is 455. The fourth-order valence-electron chi connectivity index (χ4n) is 1.95. The summed E-state index contributed by atoms with van der Waals surface area (Å²) < 4.78 is 5.08. The number of ketones is 1. The molecular formula is C12H13NO3. The Morgan fingerprint density at radius 1 is 1.38 bits per heavy atom. The SMILES string of the molecule is CC(=O)C(=O)O[C@]1(N)CCc2ccccc21. The first-order valence-electron chi connectivity index (χ1n) is 5.14. The number of benzene rings is 1. The van der Waals surface area contributed by atoms with E-state index in [1.165, 1.54) is 6.92 Å². The number of hydrogen-bond donors (Lipinski definition) is 1. The van der Waals surface area contributed by atoms with E-state index in [0.717, 1.165) is 17.5 Å². The first-order chi connectivity index (χ1) is 7.53. The number of ether oxygens (including phenoxy) is 1. The molecule has 0 aromatic heterocycles. The lowest BCUT2D eigenvalue weighted by molar-refractivity contribution is -0.166. The fraction of sp³-hybridized carbons (Fsp3) is 0.333. The van der Waals surface area contributed by atoms with Crippen molar-refractivity contribution in [2.75, 3.05) is 0 Å². The molecule has 1 atom stereocenters. The minimum atomic E-state index is -1.14. The summed E-state index contributed by atoms with van der Waals surface area (Å²) in [7, 11) is 0. The van der Waals surface area contributed by atoms with E-state index in [9.17, 15) is 9.59 Å². The Kier molecular flexibility index (Phi) is 2.52. The van der Waals surface area contributed by atoms with Crippen LogP contribution >= 0.6 is 0 Å². The molecule has 0 saturated heterocycles.